The number of carbonyl (C=O) groups is 1. The molecule has 0 aliphatic carbocycles. The van der Waals surface area contributed by atoms with Crippen molar-refractivity contribution in [2.75, 3.05) is 13.1 Å². The maximum Gasteiger partial charge on any atom is 0.257 e. The summed E-state index contributed by atoms with van der Waals surface area (Å²) in [5.74, 6) is 0.796. The van der Waals surface area contributed by atoms with Gasteiger partial charge in [0.05, 0.1) is 18.4 Å². The lowest BCUT2D eigenvalue weighted by Gasteiger charge is -2.32. The van der Waals surface area contributed by atoms with Gasteiger partial charge in [0, 0.05) is 18.9 Å². The first-order valence-electron chi connectivity index (χ1n) is 6.71. The fourth-order valence-corrected chi connectivity index (χ4v) is 2.40. The molecule has 3 rings (SSSR count). The maximum absolute atomic E-state index is 12.3. The molecule has 104 valence electrons. The number of rotatable bonds is 3. The predicted octanol–water partition coefficient (Wildman–Crippen LogP) is 2.36. The predicted molar refractivity (Wildman–Crippen MR) is 72.5 cm³/mol. The molecule has 5 nitrogen and oxygen atoms in total. The lowest BCUT2D eigenvalue weighted by atomic mass is 10.1. The molecular weight excluding hydrogens is 256 g/mol. The van der Waals surface area contributed by atoms with Crippen LogP contribution in [0.2, 0.25) is 0 Å². The van der Waals surface area contributed by atoms with Crippen molar-refractivity contribution in [1.82, 2.24) is 9.88 Å². The molecule has 20 heavy (non-hydrogen) atoms. The molecule has 1 aliphatic heterocycles. The normalized spacial score (nSPS) is 18.8. The summed E-state index contributed by atoms with van der Waals surface area (Å²) in [6.45, 7) is 1.37. The lowest BCUT2D eigenvalue weighted by molar-refractivity contribution is 0.0537. The minimum atomic E-state index is 0.00165. The summed E-state index contributed by atoms with van der Waals surface area (Å²) in [6.07, 6.45) is 8.33. The van der Waals surface area contributed by atoms with Gasteiger partial charge >= 0.3 is 0 Å². The van der Waals surface area contributed by atoms with Crippen molar-refractivity contribution in [1.29, 1.82) is 0 Å². The monoisotopic (exact) mass is 272 g/mol. The van der Waals surface area contributed by atoms with E-state index < -0.39 is 0 Å². The minimum Gasteiger partial charge on any atom is -0.488 e. The second-order valence-corrected chi connectivity index (χ2v) is 4.83. The van der Waals surface area contributed by atoms with Crippen LogP contribution in [0.4, 0.5) is 0 Å². The van der Waals surface area contributed by atoms with E-state index in [4.69, 9.17) is 9.15 Å². The number of nitrogens with zero attached hydrogens (tertiary/aromatic N) is 2. The molecule has 5 heteroatoms. The average molecular weight is 272 g/mol. The van der Waals surface area contributed by atoms with Gasteiger partial charge in [-0.3, -0.25) is 9.78 Å². The zero-order valence-corrected chi connectivity index (χ0v) is 11.1. The van der Waals surface area contributed by atoms with E-state index in [2.05, 4.69) is 4.98 Å². The lowest BCUT2D eigenvalue weighted by Crippen LogP contribution is -2.44. The molecule has 1 amide bonds. The summed E-state index contributed by atoms with van der Waals surface area (Å²) in [5, 5.41) is 0. The number of ether oxygens (including phenoxy) is 1. The van der Waals surface area contributed by atoms with E-state index in [-0.39, 0.29) is 12.0 Å². The van der Waals surface area contributed by atoms with Gasteiger partial charge in [0.25, 0.3) is 5.91 Å². The van der Waals surface area contributed by atoms with Gasteiger partial charge < -0.3 is 14.1 Å². The van der Waals surface area contributed by atoms with E-state index in [0.717, 1.165) is 25.1 Å². The highest BCUT2D eigenvalue weighted by molar-refractivity contribution is 5.93. The Bertz CT molecular complexity index is 554. The van der Waals surface area contributed by atoms with Crippen molar-refractivity contribution in [2.24, 2.45) is 0 Å². The minimum absolute atomic E-state index is 0.00165. The van der Waals surface area contributed by atoms with Gasteiger partial charge in [-0.05, 0) is 31.0 Å². The number of hydrogen-bond donors (Lipinski definition) is 0. The Morgan fingerprint density at radius 2 is 2.20 bits per heavy atom. The molecule has 2 aromatic rings. The third kappa shape index (κ3) is 2.82. The first-order valence-corrected chi connectivity index (χ1v) is 6.71. The Morgan fingerprint density at radius 1 is 1.35 bits per heavy atom. The fourth-order valence-electron chi connectivity index (χ4n) is 2.40. The number of pyridine rings is 1. The number of furan rings is 1. The summed E-state index contributed by atoms with van der Waals surface area (Å²) in [4.78, 5) is 18.0. The molecule has 0 spiro atoms. The van der Waals surface area contributed by atoms with Crippen LogP contribution in [0.3, 0.4) is 0 Å². The number of hydrogen-bond acceptors (Lipinski definition) is 4. The molecular formula is C15H16N2O3. The number of carbonyl (C=O) groups excluding carboxylic acids is 1. The first-order chi connectivity index (χ1) is 9.83. The number of piperidine rings is 1. The number of amides is 1. The van der Waals surface area contributed by atoms with Crippen LogP contribution in [0.5, 0.6) is 5.75 Å². The van der Waals surface area contributed by atoms with Crippen molar-refractivity contribution in [3.05, 3.63) is 48.7 Å². The smallest absolute Gasteiger partial charge is 0.257 e. The molecule has 0 aromatic carbocycles. The van der Waals surface area contributed by atoms with Crippen LogP contribution in [0, 0.1) is 0 Å². The molecule has 1 aliphatic rings. The van der Waals surface area contributed by atoms with Crippen LogP contribution in [0.15, 0.2) is 47.5 Å². The molecule has 3 heterocycles. The van der Waals surface area contributed by atoms with Crippen molar-refractivity contribution in [3.63, 3.8) is 0 Å². The third-order valence-electron chi connectivity index (χ3n) is 3.39. The fraction of sp³-hybridized carbons (Fsp3) is 0.333. The topological polar surface area (TPSA) is 55.6 Å². The Morgan fingerprint density at radius 3 is 2.95 bits per heavy atom. The van der Waals surface area contributed by atoms with Crippen molar-refractivity contribution >= 4 is 5.91 Å². The van der Waals surface area contributed by atoms with Gasteiger partial charge in [0.1, 0.15) is 18.1 Å². The van der Waals surface area contributed by atoms with Crippen LogP contribution in [0.1, 0.15) is 23.2 Å². The average Bonchev–Trinajstić information content (AvgIpc) is 3.02. The second-order valence-electron chi connectivity index (χ2n) is 4.83. The maximum atomic E-state index is 12.3. The van der Waals surface area contributed by atoms with Crippen molar-refractivity contribution in [3.8, 4) is 5.75 Å². The molecule has 0 N–H and O–H groups in total. The zero-order chi connectivity index (χ0) is 13.8. The summed E-state index contributed by atoms with van der Waals surface area (Å²) in [7, 11) is 0. The Hall–Kier alpha value is -2.30. The van der Waals surface area contributed by atoms with Crippen LogP contribution in [-0.4, -0.2) is 35.0 Å². The van der Waals surface area contributed by atoms with Gasteiger partial charge in [-0.15, -0.1) is 0 Å². The van der Waals surface area contributed by atoms with Crippen LogP contribution >= 0.6 is 0 Å². The zero-order valence-electron chi connectivity index (χ0n) is 11.1. The summed E-state index contributed by atoms with van der Waals surface area (Å²) in [6, 6.07) is 5.35. The van der Waals surface area contributed by atoms with Crippen LogP contribution in [0.25, 0.3) is 0 Å². The summed E-state index contributed by atoms with van der Waals surface area (Å²) < 4.78 is 10.9. The highest BCUT2D eigenvalue weighted by atomic mass is 16.5. The molecule has 0 radical (unpaired) electrons. The Kier molecular flexibility index (Phi) is 3.67. The second kappa shape index (κ2) is 5.77. The van der Waals surface area contributed by atoms with E-state index in [0.29, 0.717) is 12.1 Å². The third-order valence-corrected chi connectivity index (χ3v) is 3.39. The highest BCUT2D eigenvalue weighted by Gasteiger charge is 2.26. The summed E-state index contributed by atoms with van der Waals surface area (Å²) >= 11 is 0. The largest absolute Gasteiger partial charge is 0.488 e. The van der Waals surface area contributed by atoms with Gasteiger partial charge in [-0.2, -0.15) is 0 Å². The number of likely N-dealkylation sites (tertiary alicyclic amines) is 1. The van der Waals surface area contributed by atoms with Crippen molar-refractivity contribution < 1.29 is 13.9 Å². The van der Waals surface area contributed by atoms with Crippen LogP contribution in [-0.2, 0) is 0 Å². The van der Waals surface area contributed by atoms with E-state index >= 15 is 0 Å². The van der Waals surface area contributed by atoms with E-state index in [1.807, 2.05) is 17.0 Å². The SMILES string of the molecule is O=C(c1ccoc1)N1CCC[C@@H](Oc2ccncc2)C1. The van der Waals surface area contributed by atoms with E-state index in [9.17, 15) is 4.79 Å². The van der Waals surface area contributed by atoms with Gasteiger partial charge in [0.2, 0.25) is 0 Å². The molecule has 1 atom stereocenters. The molecule has 1 fully saturated rings. The van der Waals surface area contributed by atoms with E-state index in [1.165, 1.54) is 12.5 Å². The van der Waals surface area contributed by atoms with Crippen molar-refractivity contribution in [2.45, 2.75) is 18.9 Å². The Labute approximate surface area is 117 Å². The van der Waals surface area contributed by atoms with Gasteiger partial charge in [0.15, 0.2) is 0 Å². The molecule has 2 aromatic heterocycles. The molecule has 0 bridgehead atoms. The Balaban J connectivity index is 1.63. The summed E-state index contributed by atoms with van der Waals surface area (Å²) in [5.41, 5.74) is 0.592. The molecule has 0 saturated carbocycles. The standard InChI is InChI=1S/C15H16N2O3/c18-15(12-5-9-19-11-12)17-8-1-2-14(10-17)20-13-3-6-16-7-4-13/h3-7,9,11,14H,1-2,8,10H2/t14-/m1/s1. The van der Waals surface area contributed by atoms with E-state index in [1.54, 1.807) is 18.5 Å². The quantitative estimate of drug-likeness (QED) is 0.860. The first kappa shape index (κ1) is 12.7. The van der Waals surface area contributed by atoms with Gasteiger partial charge in [-0.25, -0.2) is 0 Å². The molecule has 1 saturated heterocycles. The number of aromatic nitrogens is 1. The van der Waals surface area contributed by atoms with Gasteiger partial charge in [-0.1, -0.05) is 0 Å². The van der Waals surface area contributed by atoms with Crippen LogP contribution < -0.4 is 4.74 Å². The highest BCUT2D eigenvalue weighted by Crippen LogP contribution is 2.19. The molecule has 0 unspecified atom stereocenters.